The summed E-state index contributed by atoms with van der Waals surface area (Å²) < 4.78 is 40.1. The second kappa shape index (κ2) is 6.72. The van der Waals surface area contributed by atoms with E-state index in [0.29, 0.717) is 12.1 Å². The zero-order valence-corrected chi connectivity index (χ0v) is 12.0. The van der Waals surface area contributed by atoms with Crippen molar-refractivity contribution in [2.24, 2.45) is 0 Å². The zero-order valence-electron chi connectivity index (χ0n) is 12.0. The lowest BCUT2D eigenvalue weighted by Gasteiger charge is -2.21. The van der Waals surface area contributed by atoms with Gasteiger partial charge in [-0.2, -0.15) is 0 Å². The molecule has 0 aliphatic heterocycles. The third-order valence-corrected chi connectivity index (χ3v) is 3.33. The Balaban J connectivity index is 2.48. The Labute approximate surface area is 122 Å². The molecule has 1 atom stereocenters. The summed E-state index contributed by atoms with van der Waals surface area (Å²) in [6.45, 7) is 4.56. The summed E-state index contributed by atoms with van der Waals surface area (Å²) in [5.74, 6) is -3.82. The first kappa shape index (κ1) is 15.5. The van der Waals surface area contributed by atoms with Gasteiger partial charge in [-0.15, -0.1) is 0 Å². The van der Waals surface area contributed by atoms with Crippen molar-refractivity contribution in [2.75, 3.05) is 6.54 Å². The minimum Gasteiger partial charge on any atom is -0.306 e. The molecule has 112 valence electrons. The molecule has 1 unspecified atom stereocenters. The number of nitrogens with one attached hydrogen (secondary N) is 1. The van der Waals surface area contributed by atoms with Crippen molar-refractivity contribution in [3.05, 3.63) is 64.7 Å². The van der Waals surface area contributed by atoms with Crippen LogP contribution in [0.5, 0.6) is 0 Å². The van der Waals surface area contributed by atoms with Gasteiger partial charge in [0, 0.05) is 12.4 Å². The van der Waals surface area contributed by atoms with Gasteiger partial charge in [0.2, 0.25) is 0 Å². The van der Waals surface area contributed by atoms with Gasteiger partial charge >= 0.3 is 0 Å². The number of aryl methyl sites for hydroxylation is 1. The highest BCUT2D eigenvalue weighted by Gasteiger charge is 2.20. The first-order valence-electron chi connectivity index (χ1n) is 6.83. The van der Waals surface area contributed by atoms with Gasteiger partial charge in [-0.3, -0.25) is 4.98 Å². The summed E-state index contributed by atoms with van der Waals surface area (Å²) in [6.07, 6.45) is 4.17. The predicted octanol–water partition coefficient (Wildman–Crippen LogP) is 3.90. The molecular formula is C16H17F3N2. The molecule has 0 spiro atoms. The molecule has 2 aromatic rings. The highest BCUT2D eigenvalue weighted by Crippen LogP contribution is 2.26. The molecule has 0 aliphatic rings. The first-order valence-corrected chi connectivity index (χ1v) is 6.83. The van der Waals surface area contributed by atoms with Gasteiger partial charge in [-0.1, -0.05) is 6.92 Å². The topological polar surface area (TPSA) is 24.9 Å². The van der Waals surface area contributed by atoms with E-state index in [2.05, 4.69) is 10.3 Å². The average molecular weight is 294 g/mol. The Morgan fingerprint density at radius 1 is 1.19 bits per heavy atom. The number of rotatable bonds is 5. The van der Waals surface area contributed by atoms with E-state index in [9.17, 15) is 13.2 Å². The summed E-state index contributed by atoms with van der Waals surface area (Å²) in [5, 5.41) is 3.22. The highest BCUT2D eigenvalue weighted by atomic mass is 19.2. The Bertz CT molecular complexity index is 606. The SMILES string of the molecule is CCCNC(c1cc(F)c(F)c(F)c1)c1cnccc1C. The van der Waals surface area contributed by atoms with Gasteiger partial charge in [0.25, 0.3) is 0 Å². The van der Waals surface area contributed by atoms with E-state index in [0.717, 1.165) is 29.7 Å². The monoisotopic (exact) mass is 294 g/mol. The van der Waals surface area contributed by atoms with Crippen molar-refractivity contribution in [1.29, 1.82) is 0 Å². The van der Waals surface area contributed by atoms with Crippen LogP contribution in [0.2, 0.25) is 0 Å². The lowest BCUT2D eigenvalue weighted by molar-refractivity contribution is 0.442. The molecule has 1 heterocycles. The molecule has 0 radical (unpaired) electrons. The maximum atomic E-state index is 13.5. The molecule has 1 aromatic carbocycles. The second-order valence-corrected chi connectivity index (χ2v) is 4.92. The number of hydrogen-bond donors (Lipinski definition) is 1. The van der Waals surface area contributed by atoms with E-state index in [1.807, 2.05) is 19.9 Å². The maximum Gasteiger partial charge on any atom is 0.194 e. The van der Waals surface area contributed by atoms with Crippen molar-refractivity contribution in [3.63, 3.8) is 0 Å². The lowest BCUT2D eigenvalue weighted by Crippen LogP contribution is -2.24. The fraction of sp³-hybridized carbons (Fsp3) is 0.312. The normalized spacial score (nSPS) is 12.4. The van der Waals surface area contributed by atoms with Crippen LogP contribution in [0.25, 0.3) is 0 Å². The van der Waals surface area contributed by atoms with Crippen LogP contribution in [0, 0.1) is 24.4 Å². The average Bonchev–Trinajstić information content (AvgIpc) is 2.46. The van der Waals surface area contributed by atoms with Crippen molar-refractivity contribution in [3.8, 4) is 0 Å². The van der Waals surface area contributed by atoms with Crippen LogP contribution in [0.3, 0.4) is 0 Å². The smallest absolute Gasteiger partial charge is 0.194 e. The lowest BCUT2D eigenvalue weighted by atomic mass is 9.96. The van der Waals surface area contributed by atoms with Gasteiger partial charge in [-0.25, -0.2) is 13.2 Å². The van der Waals surface area contributed by atoms with Crippen LogP contribution in [0.1, 0.15) is 36.1 Å². The summed E-state index contributed by atoms with van der Waals surface area (Å²) >= 11 is 0. The minimum atomic E-state index is -1.45. The first-order chi connectivity index (χ1) is 10.0. The predicted molar refractivity (Wildman–Crippen MR) is 75.4 cm³/mol. The molecule has 2 rings (SSSR count). The molecule has 21 heavy (non-hydrogen) atoms. The molecule has 0 bridgehead atoms. The maximum absolute atomic E-state index is 13.5. The third kappa shape index (κ3) is 3.42. The summed E-state index contributed by atoms with van der Waals surface area (Å²) in [5.41, 5.74) is 2.11. The van der Waals surface area contributed by atoms with Gasteiger partial charge in [0.15, 0.2) is 17.5 Å². The van der Waals surface area contributed by atoms with Crippen molar-refractivity contribution < 1.29 is 13.2 Å². The summed E-state index contributed by atoms with van der Waals surface area (Å²) in [7, 11) is 0. The second-order valence-electron chi connectivity index (χ2n) is 4.92. The van der Waals surface area contributed by atoms with Crippen LogP contribution < -0.4 is 5.32 Å². The number of hydrogen-bond acceptors (Lipinski definition) is 2. The molecule has 0 saturated heterocycles. The van der Waals surface area contributed by atoms with Gasteiger partial charge in [0.1, 0.15) is 0 Å². The molecule has 2 nitrogen and oxygen atoms in total. The van der Waals surface area contributed by atoms with Crippen molar-refractivity contribution >= 4 is 0 Å². The number of pyridine rings is 1. The minimum absolute atomic E-state index is 0.343. The quantitative estimate of drug-likeness (QED) is 0.846. The van der Waals surface area contributed by atoms with E-state index in [1.165, 1.54) is 0 Å². The zero-order chi connectivity index (χ0) is 15.4. The largest absolute Gasteiger partial charge is 0.306 e. The number of benzene rings is 1. The van der Waals surface area contributed by atoms with Crippen molar-refractivity contribution in [1.82, 2.24) is 10.3 Å². The molecule has 0 amide bonds. The molecule has 1 aromatic heterocycles. The molecule has 1 N–H and O–H groups in total. The third-order valence-electron chi connectivity index (χ3n) is 3.33. The number of aromatic nitrogens is 1. The fourth-order valence-corrected chi connectivity index (χ4v) is 2.22. The summed E-state index contributed by atoms with van der Waals surface area (Å²) in [4.78, 5) is 4.06. The Kier molecular flexibility index (Phi) is 4.96. The van der Waals surface area contributed by atoms with Crippen LogP contribution in [0.4, 0.5) is 13.2 Å². The van der Waals surface area contributed by atoms with Gasteiger partial charge in [-0.05, 0) is 54.8 Å². The van der Waals surface area contributed by atoms with Crippen LogP contribution >= 0.6 is 0 Å². The summed E-state index contributed by atoms with van der Waals surface area (Å²) in [6, 6.07) is 3.45. The van der Waals surface area contributed by atoms with Gasteiger partial charge < -0.3 is 5.32 Å². The number of nitrogens with zero attached hydrogens (tertiary/aromatic N) is 1. The van der Waals surface area contributed by atoms with E-state index < -0.39 is 23.5 Å². The van der Waals surface area contributed by atoms with Crippen LogP contribution in [0.15, 0.2) is 30.6 Å². The molecule has 0 saturated carbocycles. The molecule has 0 aliphatic carbocycles. The Morgan fingerprint density at radius 2 is 1.86 bits per heavy atom. The van der Waals surface area contributed by atoms with E-state index in [1.54, 1.807) is 12.4 Å². The standard InChI is InChI=1S/C16H17F3N2/c1-3-5-21-16(12-9-20-6-4-10(12)2)11-7-13(17)15(19)14(18)8-11/h4,6-9,16,21H,3,5H2,1-2H3. The van der Waals surface area contributed by atoms with E-state index >= 15 is 0 Å². The van der Waals surface area contributed by atoms with Gasteiger partial charge in [0.05, 0.1) is 6.04 Å². The van der Waals surface area contributed by atoms with E-state index in [4.69, 9.17) is 0 Å². The Hall–Kier alpha value is -1.88. The molecular weight excluding hydrogens is 277 g/mol. The highest BCUT2D eigenvalue weighted by molar-refractivity contribution is 5.35. The Morgan fingerprint density at radius 3 is 2.43 bits per heavy atom. The number of halogens is 3. The van der Waals surface area contributed by atoms with Crippen LogP contribution in [-0.4, -0.2) is 11.5 Å². The van der Waals surface area contributed by atoms with Crippen molar-refractivity contribution in [2.45, 2.75) is 26.3 Å². The molecule has 5 heteroatoms. The van der Waals surface area contributed by atoms with Crippen LogP contribution in [-0.2, 0) is 0 Å². The molecule has 0 fully saturated rings. The van der Waals surface area contributed by atoms with E-state index in [-0.39, 0.29) is 0 Å². The fourth-order valence-electron chi connectivity index (χ4n) is 2.22.